The number of benzene rings is 3. The summed E-state index contributed by atoms with van der Waals surface area (Å²) in [5.41, 5.74) is 2.40. The normalized spacial score (nSPS) is 12.3. The van der Waals surface area contributed by atoms with Crippen LogP contribution in [-0.2, 0) is 27.7 Å². The molecule has 0 aliphatic rings. The Balaban J connectivity index is 1.88. The van der Waals surface area contributed by atoms with Gasteiger partial charge in [-0.25, -0.2) is 12.8 Å². The van der Waals surface area contributed by atoms with Gasteiger partial charge in [0.15, 0.2) is 0 Å². The van der Waals surface area contributed by atoms with Gasteiger partial charge in [0.1, 0.15) is 11.9 Å². The van der Waals surface area contributed by atoms with Crippen LogP contribution < -0.4 is 10.0 Å². The lowest BCUT2D eigenvalue weighted by Gasteiger charge is -2.20. The van der Waals surface area contributed by atoms with Crippen LogP contribution in [0, 0.1) is 5.82 Å². The number of carbonyl (C=O) groups excluding carboxylic acids is 1. The van der Waals surface area contributed by atoms with E-state index < -0.39 is 27.8 Å². The van der Waals surface area contributed by atoms with E-state index in [9.17, 15) is 17.6 Å². The van der Waals surface area contributed by atoms with Gasteiger partial charge in [0.05, 0.1) is 4.90 Å². The number of amides is 1. The fourth-order valence-electron chi connectivity index (χ4n) is 3.08. The standard InChI is InChI=1S/C23H23FN2O3S/c1-2-18-10-6-7-11-21(18)25-23(27)22(16-17-8-4-3-5-9-17)26-30(28,29)20-14-12-19(24)13-15-20/h3-15,22,26H,2,16H2,1H3,(H,25,27)/t22-/m1/s1. The van der Waals surface area contributed by atoms with E-state index in [1.807, 2.05) is 55.5 Å². The van der Waals surface area contributed by atoms with E-state index in [-0.39, 0.29) is 11.3 Å². The summed E-state index contributed by atoms with van der Waals surface area (Å²) in [6, 6.07) is 20.0. The highest BCUT2D eigenvalue weighted by Gasteiger charge is 2.26. The zero-order chi connectivity index (χ0) is 21.6. The van der Waals surface area contributed by atoms with Crippen molar-refractivity contribution >= 4 is 21.6 Å². The van der Waals surface area contributed by atoms with Gasteiger partial charge in [-0.1, -0.05) is 55.5 Å². The van der Waals surface area contributed by atoms with Gasteiger partial charge in [-0.05, 0) is 54.3 Å². The Kier molecular flexibility index (Phi) is 6.97. The molecule has 7 heteroatoms. The van der Waals surface area contributed by atoms with Gasteiger partial charge in [0.25, 0.3) is 0 Å². The molecule has 0 radical (unpaired) electrons. The maximum atomic E-state index is 13.2. The van der Waals surface area contributed by atoms with Gasteiger partial charge in [-0.2, -0.15) is 4.72 Å². The van der Waals surface area contributed by atoms with Crippen molar-refractivity contribution in [2.24, 2.45) is 0 Å². The molecule has 0 saturated carbocycles. The molecule has 0 unspecified atom stereocenters. The van der Waals surface area contributed by atoms with Crippen molar-refractivity contribution in [1.29, 1.82) is 0 Å². The largest absolute Gasteiger partial charge is 0.324 e. The Bertz CT molecular complexity index is 1100. The number of hydrogen-bond acceptors (Lipinski definition) is 3. The molecule has 0 bridgehead atoms. The van der Waals surface area contributed by atoms with Crippen molar-refractivity contribution in [2.75, 3.05) is 5.32 Å². The number of anilines is 1. The number of rotatable bonds is 8. The van der Waals surface area contributed by atoms with E-state index in [1.165, 1.54) is 12.1 Å². The predicted octanol–water partition coefficient (Wildman–Crippen LogP) is 3.92. The Morgan fingerprint density at radius 2 is 1.57 bits per heavy atom. The average Bonchev–Trinajstić information content (AvgIpc) is 2.74. The molecule has 156 valence electrons. The maximum Gasteiger partial charge on any atom is 0.242 e. The molecule has 3 rings (SSSR count). The van der Waals surface area contributed by atoms with Gasteiger partial charge in [-0.3, -0.25) is 4.79 Å². The number of hydrogen-bond donors (Lipinski definition) is 2. The SMILES string of the molecule is CCc1ccccc1NC(=O)[C@@H](Cc1ccccc1)NS(=O)(=O)c1ccc(F)cc1. The van der Waals surface area contributed by atoms with E-state index in [0.717, 1.165) is 29.7 Å². The molecule has 0 spiro atoms. The highest BCUT2D eigenvalue weighted by molar-refractivity contribution is 7.89. The molecule has 0 heterocycles. The zero-order valence-corrected chi connectivity index (χ0v) is 17.3. The van der Waals surface area contributed by atoms with E-state index in [4.69, 9.17) is 0 Å². The smallest absolute Gasteiger partial charge is 0.242 e. The van der Waals surface area contributed by atoms with Crippen molar-refractivity contribution in [2.45, 2.75) is 30.7 Å². The number of carbonyl (C=O) groups is 1. The molecule has 5 nitrogen and oxygen atoms in total. The predicted molar refractivity (Wildman–Crippen MR) is 115 cm³/mol. The minimum Gasteiger partial charge on any atom is -0.324 e. The molecule has 30 heavy (non-hydrogen) atoms. The van der Waals surface area contributed by atoms with E-state index in [1.54, 1.807) is 6.07 Å². The summed E-state index contributed by atoms with van der Waals surface area (Å²) < 4.78 is 41.3. The Hall–Kier alpha value is -3.03. The van der Waals surface area contributed by atoms with Crippen LogP contribution in [0.15, 0.2) is 83.8 Å². The van der Waals surface area contributed by atoms with Crippen LogP contribution in [0.3, 0.4) is 0 Å². The molecular formula is C23H23FN2O3S. The molecule has 3 aromatic carbocycles. The molecule has 0 aliphatic carbocycles. The average molecular weight is 427 g/mol. The summed E-state index contributed by atoms with van der Waals surface area (Å²) in [7, 11) is -4.03. The van der Waals surface area contributed by atoms with Crippen LogP contribution in [0.4, 0.5) is 10.1 Å². The third-order valence-electron chi connectivity index (χ3n) is 4.68. The van der Waals surface area contributed by atoms with Crippen LogP contribution >= 0.6 is 0 Å². The first-order chi connectivity index (χ1) is 14.4. The Labute approximate surface area is 176 Å². The van der Waals surface area contributed by atoms with Gasteiger partial charge >= 0.3 is 0 Å². The van der Waals surface area contributed by atoms with Gasteiger partial charge < -0.3 is 5.32 Å². The van der Waals surface area contributed by atoms with Gasteiger partial charge in [0, 0.05) is 5.69 Å². The summed E-state index contributed by atoms with van der Waals surface area (Å²) in [4.78, 5) is 12.9. The van der Waals surface area contributed by atoms with Crippen molar-refractivity contribution in [1.82, 2.24) is 4.72 Å². The van der Waals surface area contributed by atoms with Gasteiger partial charge in [0.2, 0.25) is 15.9 Å². The monoisotopic (exact) mass is 426 g/mol. The first kappa shape index (κ1) is 21.7. The van der Waals surface area contributed by atoms with Crippen LogP contribution in [0.5, 0.6) is 0 Å². The fraction of sp³-hybridized carbons (Fsp3) is 0.174. The van der Waals surface area contributed by atoms with Crippen LogP contribution in [-0.4, -0.2) is 20.4 Å². The second kappa shape index (κ2) is 9.65. The summed E-state index contributed by atoms with van der Waals surface area (Å²) in [5, 5.41) is 2.84. The maximum absolute atomic E-state index is 13.2. The summed E-state index contributed by atoms with van der Waals surface area (Å²) in [5.74, 6) is -1.01. The molecule has 0 aliphatic heterocycles. The summed E-state index contributed by atoms with van der Waals surface area (Å²) >= 11 is 0. The highest BCUT2D eigenvalue weighted by Crippen LogP contribution is 2.17. The summed E-state index contributed by atoms with van der Waals surface area (Å²) in [6.45, 7) is 1.98. The number of aryl methyl sites for hydroxylation is 1. The van der Waals surface area contributed by atoms with E-state index >= 15 is 0 Å². The first-order valence-corrected chi connectivity index (χ1v) is 11.1. The Morgan fingerprint density at radius 3 is 2.23 bits per heavy atom. The quantitative estimate of drug-likeness (QED) is 0.573. The van der Waals surface area contributed by atoms with Crippen LogP contribution in [0.1, 0.15) is 18.1 Å². The third kappa shape index (κ3) is 5.52. The molecule has 2 N–H and O–H groups in total. The summed E-state index contributed by atoms with van der Waals surface area (Å²) in [6.07, 6.45) is 0.891. The van der Waals surface area contributed by atoms with Crippen molar-refractivity contribution in [3.8, 4) is 0 Å². The number of para-hydroxylation sites is 1. The molecule has 3 aromatic rings. The molecule has 1 atom stereocenters. The lowest BCUT2D eigenvalue weighted by Crippen LogP contribution is -2.45. The number of sulfonamides is 1. The highest BCUT2D eigenvalue weighted by atomic mass is 32.2. The Morgan fingerprint density at radius 1 is 0.933 bits per heavy atom. The zero-order valence-electron chi connectivity index (χ0n) is 16.5. The van der Waals surface area contributed by atoms with Crippen molar-refractivity contribution in [3.63, 3.8) is 0 Å². The second-order valence-corrected chi connectivity index (χ2v) is 8.53. The fourth-order valence-corrected chi connectivity index (χ4v) is 4.27. The van der Waals surface area contributed by atoms with Crippen LogP contribution in [0.2, 0.25) is 0 Å². The lowest BCUT2D eigenvalue weighted by molar-refractivity contribution is -0.117. The van der Waals surface area contributed by atoms with E-state index in [0.29, 0.717) is 5.69 Å². The molecule has 0 aromatic heterocycles. The minimum atomic E-state index is -4.03. The van der Waals surface area contributed by atoms with Gasteiger partial charge in [-0.15, -0.1) is 0 Å². The van der Waals surface area contributed by atoms with Crippen molar-refractivity contribution in [3.05, 3.63) is 95.8 Å². The minimum absolute atomic E-state index is 0.108. The molecule has 0 saturated heterocycles. The number of nitrogens with one attached hydrogen (secondary N) is 2. The topological polar surface area (TPSA) is 75.3 Å². The lowest BCUT2D eigenvalue weighted by atomic mass is 10.1. The molecule has 1 amide bonds. The molecular weight excluding hydrogens is 403 g/mol. The third-order valence-corrected chi connectivity index (χ3v) is 6.16. The molecule has 0 fully saturated rings. The number of halogens is 1. The first-order valence-electron chi connectivity index (χ1n) is 9.59. The van der Waals surface area contributed by atoms with Crippen LogP contribution in [0.25, 0.3) is 0 Å². The van der Waals surface area contributed by atoms with Crippen molar-refractivity contribution < 1.29 is 17.6 Å². The van der Waals surface area contributed by atoms with E-state index in [2.05, 4.69) is 10.0 Å². The second-order valence-electron chi connectivity index (χ2n) is 6.82.